The van der Waals surface area contributed by atoms with E-state index in [0.29, 0.717) is 33.1 Å². The predicted molar refractivity (Wildman–Crippen MR) is 154 cm³/mol. The van der Waals surface area contributed by atoms with E-state index in [4.69, 9.17) is 22.1 Å². The molecule has 7 nitrogen and oxygen atoms in total. The fraction of sp³-hybridized carbons (Fsp3) is 0.156. The molecule has 1 heterocycles. The Balaban J connectivity index is 1.71. The van der Waals surface area contributed by atoms with Gasteiger partial charge in [0.2, 0.25) is 5.91 Å². The van der Waals surface area contributed by atoms with Gasteiger partial charge in [-0.3, -0.25) is 9.59 Å². The SMILES string of the molecule is COc1ccc(C2C(C(=O)c3ccccc3)C(c3ccc(Cl)cc3)C(C(N)=O)N2C(=O)Nc2ccc(F)cc2)cc1. The fourth-order valence-corrected chi connectivity index (χ4v) is 5.67. The third-order valence-electron chi connectivity index (χ3n) is 7.36. The van der Waals surface area contributed by atoms with Crippen LogP contribution in [0.15, 0.2) is 103 Å². The zero-order chi connectivity index (χ0) is 29.1. The molecule has 4 aromatic rings. The van der Waals surface area contributed by atoms with Crippen LogP contribution in [0.1, 0.15) is 33.4 Å². The molecule has 208 valence electrons. The molecule has 1 saturated heterocycles. The standard InChI is InChI=1S/C32H27ClFN3O4/c1-41-25-17-9-20(10-18-25)28-27(30(38)21-5-3-2-4-6-21)26(19-7-11-22(33)12-8-19)29(31(35)39)37(28)32(40)36-24-15-13-23(34)14-16-24/h2-18,26-29H,1H3,(H2,35,39)(H,36,40). The van der Waals surface area contributed by atoms with Gasteiger partial charge in [-0.25, -0.2) is 9.18 Å². The van der Waals surface area contributed by atoms with E-state index in [2.05, 4.69) is 5.32 Å². The number of urea groups is 1. The molecule has 1 aliphatic rings. The number of halogens is 2. The third-order valence-corrected chi connectivity index (χ3v) is 7.61. The molecule has 0 radical (unpaired) electrons. The Morgan fingerprint density at radius 2 is 1.46 bits per heavy atom. The van der Waals surface area contributed by atoms with Crippen LogP contribution in [0, 0.1) is 11.7 Å². The van der Waals surface area contributed by atoms with E-state index in [1.54, 1.807) is 78.9 Å². The van der Waals surface area contributed by atoms with Gasteiger partial charge in [0.1, 0.15) is 17.6 Å². The first-order valence-corrected chi connectivity index (χ1v) is 13.3. The maximum Gasteiger partial charge on any atom is 0.323 e. The number of ketones is 1. The molecule has 0 spiro atoms. The quantitative estimate of drug-likeness (QED) is 0.257. The average molecular weight is 572 g/mol. The van der Waals surface area contributed by atoms with E-state index >= 15 is 0 Å². The Labute approximate surface area is 241 Å². The van der Waals surface area contributed by atoms with E-state index in [9.17, 15) is 18.8 Å². The number of methoxy groups -OCH3 is 1. The number of nitrogens with two attached hydrogens (primary N) is 1. The number of hydrogen-bond acceptors (Lipinski definition) is 4. The number of amides is 3. The molecule has 4 unspecified atom stereocenters. The Kier molecular flexibility index (Phi) is 8.03. The number of rotatable bonds is 7. The van der Waals surface area contributed by atoms with Crippen molar-refractivity contribution in [2.24, 2.45) is 11.7 Å². The minimum atomic E-state index is -1.21. The first kappa shape index (κ1) is 27.9. The van der Waals surface area contributed by atoms with Crippen molar-refractivity contribution in [3.05, 3.63) is 131 Å². The van der Waals surface area contributed by atoms with Gasteiger partial charge in [-0.05, 0) is 59.7 Å². The molecule has 0 aliphatic carbocycles. The number of primary amides is 1. The number of nitrogens with one attached hydrogen (secondary N) is 1. The van der Waals surface area contributed by atoms with Gasteiger partial charge in [-0.2, -0.15) is 0 Å². The molecule has 0 aromatic heterocycles. The smallest absolute Gasteiger partial charge is 0.323 e. The van der Waals surface area contributed by atoms with Gasteiger partial charge >= 0.3 is 6.03 Å². The maximum atomic E-state index is 14.3. The van der Waals surface area contributed by atoms with Gasteiger partial charge in [-0.15, -0.1) is 0 Å². The zero-order valence-electron chi connectivity index (χ0n) is 22.0. The average Bonchev–Trinajstić information content (AvgIpc) is 3.35. The summed E-state index contributed by atoms with van der Waals surface area (Å²) in [6.07, 6.45) is 0. The second kappa shape index (κ2) is 11.8. The van der Waals surface area contributed by atoms with Crippen molar-refractivity contribution in [1.82, 2.24) is 4.90 Å². The molecule has 0 saturated carbocycles. The molecule has 1 aliphatic heterocycles. The highest BCUT2D eigenvalue weighted by atomic mass is 35.5. The molecular weight excluding hydrogens is 545 g/mol. The van der Waals surface area contributed by atoms with Gasteiger partial charge < -0.3 is 20.7 Å². The van der Waals surface area contributed by atoms with Gasteiger partial charge in [0.15, 0.2) is 5.78 Å². The van der Waals surface area contributed by atoms with E-state index in [0.717, 1.165) is 0 Å². The summed E-state index contributed by atoms with van der Waals surface area (Å²) in [5.41, 5.74) is 8.00. The van der Waals surface area contributed by atoms with Crippen molar-refractivity contribution >= 4 is 35.0 Å². The molecule has 4 atom stereocenters. The summed E-state index contributed by atoms with van der Waals surface area (Å²) in [7, 11) is 1.54. The minimum absolute atomic E-state index is 0.255. The van der Waals surface area contributed by atoms with Gasteiger partial charge in [-0.1, -0.05) is 66.2 Å². The van der Waals surface area contributed by atoms with Crippen molar-refractivity contribution in [1.29, 1.82) is 0 Å². The van der Waals surface area contributed by atoms with Gasteiger partial charge in [0.25, 0.3) is 0 Å². The summed E-state index contributed by atoms with van der Waals surface area (Å²) in [4.78, 5) is 42.9. The lowest BCUT2D eigenvalue weighted by Crippen LogP contribution is -2.48. The van der Waals surface area contributed by atoms with Crippen LogP contribution >= 0.6 is 11.6 Å². The van der Waals surface area contributed by atoms with Crippen molar-refractivity contribution in [3.8, 4) is 5.75 Å². The van der Waals surface area contributed by atoms with Crippen molar-refractivity contribution < 1.29 is 23.5 Å². The number of Topliss-reactive ketones (excluding diaryl/α,β-unsaturated/α-hetero) is 1. The maximum absolute atomic E-state index is 14.3. The Bertz CT molecular complexity index is 1550. The molecule has 1 fully saturated rings. The molecule has 0 bridgehead atoms. The monoisotopic (exact) mass is 571 g/mol. The molecular formula is C32H27ClFN3O4. The number of carbonyl (C=O) groups is 3. The van der Waals surface area contributed by atoms with Crippen molar-refractivity contribution in [3.63, 3.8) is 0 Å². The number of benzene rings is 4. The first-order valence-electron chi connectivity index (χ1n) is 12.9. The van der Waals surface area contributed by atoms with E-state index < -0.39 is 41.7 Å². The van der Waals surface area contributed by atoms with E-state index in [1.807, 2.05) is 0 Å². The number of ether oxygens (including phenoxy) is 1. The van der Waals surface area contributed by atoms with Crippen LogP contribution in [0.3, 0.4) is 0 Å². The zero-order valence-corrected chi connectivity index (χ0v) is 22.8. The van der Waals surface area contributed by atoms with Crippen LogP contribution in [0.2, 0.25) is 5.02 Å². The van der Waals surface area contributed by atoms with Gasteiger partial charge in [0, 0.05) is 22.2 Å². The molecule has 5 rings (SSSR count). The Hall–Kier alpha value is -4.69. The second-order valence-corrected chi connectivity index (χ2v) is 10.2. The molecule has 3 N–H and O–H groups in total. The van der Waals surface area contributed by atoms with E-state index in [-0.39, 0.29) is 5.78 Å². The highest BCUT2D eigenvalue weighted by Gasteiger charge is 2.57. The molecule has 3 amide bonds. The van der Waals surface area contributed by atoms with Crippen molar-refractivity contribution in [2.75, 3.05) is 12.4 Å². The Morgan fingerprint density at radius 1 is 0.854 bits per heavy atom. The van der Waals surface area contributed by atoms with Crippen LogP contribution in [-0.2, 0) is 4.79 Å². The summed E-state index contributed by atoms with van der Waals surface area (Å²) in [5, 5.41) is 3.23. The molecule has 41 heavy (non-hydrogen) atoms. The predicted octanol–water partition coefficient (Wildman–Crippen LogP) is 6.21. The van der Waals surface area contributed by atoms with E-state index in [1.165, 1.54) is 36.3 Å². The first-order chi connectivity index (χ1) is 19.8. The number of likely N-dealkylation sites (tertiary alicyclic amines) is 1. The van der Waals surface area contributed by atoms with Crippen LogP contribution in [-0.4, -0.2) is 35.8 Å². The van der Waals surface area contributed by atoms with Crippen LogP contribution in [0.25, 0.3) is 0 Å². The van der Waals surface area contributed by atoms with Crippen LogP contribution in [0.4, 0.5) is 14.9 Å². The van der Waals surface area contributed by atoms with Gasteiger partial charge in [0.05, 0.1) is 19.1 Å². The lowest BCUT2D eigenvalue weighted by atomic mass is 9.76. The minimum Gasteiger partial charge on any atom is -0.497 e. The summed E-state index contributed by atoms with van der Waals surface area (Å²) in [6, 6.07) is 25.0. The third kappa shape index (κ3) is 5.64. The Morgan fingerprint density at radius 3 is 2.05 bits per heavy atom. The summed E-state index contributed by atoms with van der Waals surface area (Å²) < 4.78 is 18.9. The number of carbonyl (C=O) groups excluding carboxylic acids is 3. The molecule has 9 heteroatoms. The summed E-state index contributed by atoms with van der Waals surface area (Å²) >= 11 is 6.17. The second-order valence-electron chi connectivity index (χ2n) is 9.74. The molecule has 4 aromatic carbocycles. The highest BCUT2D eigenvalue weighted by Crippen LogP contribution is 2.51. The van der Waals surface area contributed by atoms with Crippen LogP contribution in [0.5, 0.6) is 5.75 Å². The fourth-order valence-electron chi connectivity index (χ4n) is 5.54. The lowest BCUT2D eigenvalue weighted by Gasteiger charge is -2.31. The summed E-state index contributed by atoms with van der Waals surface area (Å²) in [6.45, 7) is 0. The normalized spacial score (nSPS) is 19.9. The largest absolute Gasteiger partial charge is 0.497 e. The van der Waals surface area contributed by atoms with Crippen LogP contribution < -0.4 is 15.8 Å². The number of nitrogens with zero attached hydrogens (tertiary/aromatic N) is 1. The topological polar surface area (TPSA) is 102 Å². The van der Waals surface area contributed by atoms with Crippen molar-refractivity contribution in [2.45, 2.75) is 18.0 Å². The number of anilines is 1. The highest BCUT2D eigenvalue weighted by molar-refractivity contribution is 6.30. The summed E-state index contributed by atoms with van der Waals surface area (Å²) in [5.74, 6) is -2.62. The lowest BCUT2D eigenvalue weighted by molar-refractivity contribution is -0.122. The number of hydrogen-bond donors (Lipinski definition) is 2.